The number of nitro groups is 1. The molecule has 0 unspecified atom stereocenters. The number of nitrogens with two attached hydrogens (primary N) is 1. The molecular formula is C4H7N7O3. The number of hydrogen-bond donors (Lipinski definition) is 2. The van der Waals surface area contributed by atoms with Crippen molar-refractivity contribution in [2.75, 3.05) is 0 Å². The topological polar surface area (TPSA) is 150 Å². The second kappa shape index (κ2) is 8.58. The summed E-state index contributed by atoms with van der Waals surface area (Å²) in [5.41, 5.74) is 0. The third-order valence-electron chi connectivity index (χ3n) is 0.614. The van der Waals surface area contributed by atoms with Gasteiger partial charge < -0.3 is 0 Å². The molecule has 2 heterocycles. The molecule has 0 atom stereocenters. The van der Waals surface area contributed by atoms with Crippen LogP contribution in [-0.4, -0.2) is 30.8 Å². The molecule has 10 heteroatoms. The van der Waals surface area contributed by atoms with E-state index in [-0.39, 0.29) is 0 Å². The van der Waals surface area contributed by atoms with Crippen molar-refractivity contribution < 1.29 is 9.66 Å². The second-order valence-electron chi connectivity index (χ2n) is 1.54. The van der Waals surface area contributed by atoms with Gasteiger partial charge in [-0.3, -0.25) is 5.10 Å². The number of hydrogen-bond acceptors (Lipinski definition) is 7. The lowest BCUT2D eigenvalue weighted by Crippen LogP contribution is -2.04. The van der Waals surface area contributed by atoms with Crippen LogP contribution in [0.5, 0.6) is 0 Å². The van der Waals surface area contributed by atoms with E-state index >= 15 is 0 Å². The molecule has 14 heavy (non-hydrogen) atoms. The van der Waals surface area contributed by atoms with Crippen LogP contribution < -0.4 is 5.84 Å². The van der Waals surface area contributed by atoms with E-state index in [9.17, 15) is 0 Å². The highest BCUT2D eigenvalue weighted by atomic mass is 16.7. The van der Waals surface area contributed by atoms with Crippen molar-refractivity contribution in [1.82, 2.24) is 25.7 Å². The third-order valence-corrected chi connectivity index (χ3v) is 0.614. The first-order chi connectivity index (χ1) is 6.73. The molecule has 0 aromatic carbocycles. The standard InChI is InChI=1S/C2H3N3.C2H2N2O.H2N2O2/c2*1-2-4-5-3-1;1-2(3)4/h1-2H,(H,3,4,5);1-2H;1H2. The molecule has 0 saturated heterocycles. The van der Waals surface area contributed by atoms with Crippen LogP contribution in [0.3, 0.4) is 0 Å². The predicted octanol–water partition coefficient (Wildman–Crippen LogP) is -0.989. The minimum Gasteiger partial charge on any atom is -0.266 e. The zero-order valence-corrected chi connectivity index (χ0v) is 6.85. The second-order valence-corrected chi connectivity index (χ2v) is 1.54. The molecule has 2 rings (SSSR count). The van der Waals surface area contributed by atoms with Crippen LogP contribution >= 0.6 is 0 Å². The normalized spacial score (nSPS) is 7.43. The lowest BCUT2D eigenvalue weighted by atomic mass is 11.0. The van der Waals surface area contributed by atoms with Gasteiger partial charge in [-0.1, -0.05) is 15.5 Å². The minimum atomic E-state index is -1.00. The summed E-state index contributed by atoms with van der Waals surface area (Å²) in [5, 5.41) is 23.3. The van der Waals surface area contributed by atoms with Crippen LogP contribution in [0.4, 0.5) is 0 Å². The number of aromatic nitrogens is 5. The average molecular weight is 201 g/mol. The van der Waals surface area contributed by atoms with E-state index in [2.05, 4.69) is 36.2 Å². The maximum Gasteiger partial charge on any atom is 0.154 e. The van der Waals surface area contributed by atoms with Gasteiger partial charge in [0.05, 0.1) is 18.6 Å². The van der Waals surface area contributed by atoms with Gasteiger partial charge >= 0.3 is 0 Å². The van der Waals surface area contributed by atoms with Crippen molar-refractivity contribution in [1.29, 1.82) is 0 Å². The fourth-order valence-electron chi connectivity index (χ4n) is 0.303. The van der Waals surface area contributed by atoms with Gasteiger partial charge in [0, 0.05) is 6.20 Å². The Hall–Kier alpha value is -2.52. The van der Waals surface area contributed by atoms with Crippen molar-refractivity contribution in [3.8, 4) is 0 Å². The van der Waals surface area contributed by atoms with Crippen molar-refractivity contribution in [2.45, 2.75) is 0 Å². The molecule has 0 bridgehead atoms. The molecule has 0 saturated carbocycles. The van der Waals surface area contributed by atoms with Gasteiger partial charge in [-0.15, -0.1) is 5.10 Å². The van der Waals surface area contributed by atoms with E-state index in [4.69, 9.17) is 10.1 Å². The summed E-state index contributed by atoms with van der Waals surface area (Å²) in [7, 11) is 0. The smallest absolute Gasteiger partial charge is 0.154 e. The predicted molar refractivity (Wildman–Crippen MR) is 41.9 cm³/mol. The summed E-state index contributed by atoms with van der Waals surface area (Å²) in [5.74, 6) is 3.83. The highest BCUT2D eigenvalue weighted by Crippen LogP contribution is 1.62. The fraction of sp³-hybridized carbons (Fsp3) is 0. The Labute approximate surface area is 77.2 Å². The number of aromatic amines is 1. The maximum absolute atomic E-state index is 8.58. The van der Waals surface area contributed by atoms with E-state index in [1.807, 2.05) is 0 Å². The third kappa shape index (κ3) is 12.2. The first-order valence-electron chi connectivity index (χ1n) is 3.14. The summed E-state index contributed by atoms with van der Waals surface area (Å²) in [6.45, 7) is 0. The van der Waals surface area contributed by atoms with Crippen LogP contribution in [0, 0.1) is 10.1 Å². The van der Waals surface area contributed by atoms with E-state index < -0.39 is 5.03 Å². The van der Waals surface area contributed by atoms with Gasteiger partial charge in [0.1, 0.15) is 0 Å². The zero-order chi connectivity index (χ0) is 10.6. The average Bonchev–Trinajstić information content (AvgIpc) is 2.83. The van der Waals surface area contributed by atoms with Gasteiger partial charge in [0.2, 0.25) is 0 Å². The van der Waals surface area contributed by atoms with Gasteiger partial charge in [-0.2, -0.15) is 5.84 Å². The Balaban J connectivity index is 0.000000183. The number of rotatable bonds is 0. The molecule has 2 aromatic rings. The summed E-state index contributed by atoms with van der Waals surface area (Å²) < 4.78 is 4.08. The fourth-order valence-corrected chi connectivity index (χ4v) is 0.303. The Morgan fingerprint density at radius 3 is 2.07 bits per heavy atom. The highest BCUT2D eigenvalue weighted by molar-refractivity contribution is 4.54. The van der Waals surface area contributed by atoms with E-state index in [1.54, 1.807) is 12.4 Å². The van der Waals surface area contributed by atoms with Crippen LogP contribution in [0.1, 0.15) is 0 Å². The van der Waals surface area contributed by atoms with E-state index in [0.29, 0.717) is 0 Å². The number of nitrogens with zero attached hydrogens (tertiary/aromatic N) is 5. The zero-order valence-electron chi connectivity index (χ0n) is 6.85. The number of nitrogens with one attached hydrogen (secondary N) is 1. The maximum atomic E-state index is 8.58. The number of hydrazine groups is 1. The molecule has 0 radical (unpaired) electrons. The number of H-pyrrole nitrogens is 1. The molecule has 10 nitrogen and oxygen atoms in total. The Morgan fingerprint density at radius 1 is 1.36 bits per heavy atom. The SMILES string of the molecule is N[N+](=O)[O-].c1c[nH]nn1.c1cnon1. The molecular weight excluding hydrogens is 194 g/mol. The Bertz CT molecular complexity index is 228. The Kier molecular flexibility index (Phi) is 7.03. The highest BCUT2D eigenvalue weighted by Gasteiger charge is 1.61. The van der Waals surface area contributed by atoms with Gasteiger partial charge in [0.15, 0.2) is 5.03 Å². The lowest BCUT2D eigenvalue weighted by molar-refractivity contribution is -0.491. The quantitative estimate of drug-likeness (QED) is 0.313. The van der Waals surface area contributed by atoms with E-state index in [0.717, 1.165) is 0 Å². The molecule has 0 aliphatic carbocycles. The van der Waals surface area contributed by atoms with Crippen LogP contribution in [0.25, 0.3) is 0 Å². The van der Waals surface area contributed by atoms with Crippen molar-refractivity contribution in [2.24, 2.45) is 5.84 Å². The van der Waals surface area contributed by atoms with Crippen LogP contribution in [0.15, 0.2) is 29.4 Å². The summed E-state index contributed by atoms with van der Waals surface area (Å²) in [4.78, 5) is 8.58. The van der Waals surface area contributed by atoms with Crippen molar-refractivity contribution in [3.63, 3.8) is 0 Å². The largest absolute Gasteiger partial charge is 0.266 e. The molecule has 0 aliphatic heterocycles. The van der Waals surface area contributed by atoms with Gasteiger partial charge in [-0.25, -0.2) is 14.7 Å². The van der Waals surface area contributed by atoms with E-state index in [1.165, 1.54) is 12.4 Å². The van der Waals surface area contributed by atoms with Gasteiger partial charge in [0.25, 0.3) is 0 Å². The molecule has 0 fully saturated rings. The molecule has 76 valence electrons. The monoisotopic (exact) mass is 201 g/mol. The lowest BCUT2D eigenvalue weighted by Gasteiger charge is -1.61. The first kappa shape index (κ1) is 11.5. The molecule has 3 N–H and O–H groups in total. The minimum absolute atomic E-state index is 1.00. The first-order valence-corrected chi connectivity index (χ1v) is 3.14. The molecule has 0 amide bonds. The van der Waals surface area contributed by atoms with Crippen LogP contribution in [0.2, 0.25) is 0 Å². The molecule has 0 spiro atoms. The molecule has 2 aromatic heterocycles. The summed E-state index contributed by atoms with van der Waals surface area (Å²) in [6, 6.07) is 0. The van der Waals surface area contributed by atoms with Crippen molar-refractivity contribution >= 4 is 0 Å². The summed E-state index contributed by atoms with van der Waals surface area (Å²) in [6.07, 6.45) is 6.18. The van der Waals surface area contributed by atoms with Gasteiger partial charge in [-0.05, 0) is 0 Å². The summed E-state index contributed by atoms with van der Waals surface area (Å²) >= 11 is 0. The van der Waals surface area contributed by atoms with Crippen LogP contribution in [-0.2, 0) is 0 Å². The van der Waals surface area contributed by atoms with Crippen molar-refractivity contribution in [3.05, 3.63) is 34.9 Å². The molecule has 0 aliphatic rings. The Morgan fingerprint density at radius 2 is 1.93 bits per heavy atom.